The number of nitrogens with one attached hydrogen (secondary N) is 1. The maximum absolute atomic E-state index is 11.4. The second-order valence-electron chi connectivity index (χ2n) is 4.54. The van der Waals surface area contributed by atoms with Crippen LogP contribution in [0.5, 0.6) is 0 Å². The summed E-state index contributed by atoms with van der Waals surface area (Å²) in [6.45, 7) is 2.18. The van der Waals surface area contributed by atoms with Gasteiger partial charge in [0.25, 0.3) is 0 Å². The molecule has 1 fully saturated rings. The molecule has 1 saturated carbocycles. The molecule has 1 N–H and O–H groups in total. The SMILES string of the molecule is CCCC1CCC(NS(=O)(=O)CC#N)CC1. The number of nitrogens with zero attached hydrogens (tertiary/aromatic N) is 1. The number of nitriles is 1. The van der Waals surface area contributed by atoms with Gasteiger partial charge in [0.05, 0.1) is 6.07 Å². The average molecular weight is 244 g/mol. The van der Waals surface area contributed by atoms with Crippen LogP contribution in [0.3, 0.4) is 0 Å². The van der Waals surface area contributed by atoms with Gasteiger partial charge < -0.3 is 0 Å². The first kappa shape index (κ1) is 13.5. The third kappa shape index (κ3) is 4.50. The Bertz CT molecular complexity index is 337. The summed E-state index contributed by atoms with van der Waals surface area (Å²) in [5.74, 6) is 0.337. The smallest absolute Gasteiger partial charge is 0.211 e. The van der Waals surface area contributed by atoms with Crippen molar-refractivity contribution in [2.75, 3.05) is 5.75 Å². The van der Waals surface area contributed by atoms with Crippen LogP contribution in [-0.4, -0.2) is 20.2 Å². The van der Waals surface area contributed by atoms with Gasteiger partial charge in [-0.05, 0) is 31.6 Å². The lowest BCUT2D eigenvalue weighted by atomic mass is 9.84. The van der Waals surface area contributed by atoms with Crippen LogP contribution in [0, 0.1) is 17.2 Å². The van der Waals surface area contributed by atoms with E-state index in [1.807, 2.05) is 0 Å². The highest BCUT2D eigenvalue weighted by atomic mass is 32.2. The topological polar surface area (TPSA) is 70.0 Å². The molecule has 0 aromatic carbocycles. The third-order valence-electron chi connectivity index (χ3n) is 3.14. The molecule has 16 heavy (non-hydrogen) atoms. The molecule has 0 heterocycles. The van der Waals surface area contributed by atoms with E-state index in [1.54, 1.807) is 6.07 Å². The fourth-order valence-electron chi connectivity index (χ4n) is 2.36. The first-order chi connectivity index (χ1) is 7.57. The van der Waals surface area contributed by atoms with Crippen molar-refractivity contribution in [3.63, 3.8) is 0 Å². The van der Waals surface area contributed by atoms with Crippen molar-refractivity contribution in [1.82, 2.24) is 4.72 Å². The maximum atomic E-state index is 11.4. The molecule has 0 amide bonds. The molecular formula is C11H20N2O2S. The summed E-state index contributed by atoms with van der Waals surface area (Å²) in [7, 11) is -3.37. The predicted molar refractivity (Wildman–Crippen MR) is 63.2 cm³/mol. The zero-order valence-electron chi connectivity index (χ0n) is 9.78. The van der Waals surface area contributed by atoms with Gasteiger partial charge in [-0.15, -0.1) is 0 Å². The summed E-state index contributed by atoms with van der Waals surface area (Å²) >= 11 is 0. The molecule has 1 aliphatic rings. The van der Waals surface area contributed by atoms with Gasteiger partial charge in [0.2, 0.25) is 10.0 Å². The van der Waals surface area contributed by atoms with E-state index in [0.29, 0.717) is 0 Å². The largest absolute Gasteiger partial charge is 0.225 e. The van der Waals surface area contributed by atoms with Gasteiger partial charge >= 0.3 is 0 Å². The molecule has 4 nitrogen and oxygen atoms in total. The minimum Gasteiger partial charge on any atom is -0.211 e. The van der Waals surface area contributed by atoms with Crippen LogP contribution in [0.25, 0.3) is 0 Å². The molecule has 0 saturated heterocycles. The van der Waals surface area contributed by atoms with Gasteiger partial charge in [-0.2, -0.15) is 5.26 Å². The molecule has 1 rings (SSSR count). The highest BCUT2D eigenvalue weighted by molar-refractivity contribution is 7.89. The average Bonchev–Trinajstić information content (AvgIpc) is 2.21. The van der Waals surface area contributed by atoms with Gasteiger partial charge in [-0.1, -0.05) is 19.8 Å². The van der Waals surface area contributed by atoms with Crippen molar-refractivity contribution in [3.8, 4) is 6.07 Å². The van der Waals surface area contributed by atoms with Gasteiger partial charge in [-0.25, -0.2) is 13.1 Å². The van der Waals surface area contributed by atoms with Crippen LogP contribution in [-0.2, 0) is 10.0 Å². The van der Waals surface area contributed by atoms with Gasteiger partial charge in [0.1, 0.15) is 0 Å². The highest BCUT2D eigenvalue weighted by Gasteiger charge is 2.23. The second kappa shape index (κ2) is 6.21. The lowest BCUT2D eigenvalue weighted by Gasteiger charge is -2.28. The van der Waals surface area contributed by atoms with Crippen LogP contribution in [0.2, 0.25) is 0 Å². The monoisotopic (exact) mass is 244 g/mol. The molecule has 5 heteroatoms. The fourth-order valence-corrected chi connectivity index (χ4v) is 3.35. The number of hydrogen-bond acceptors (Lipinski definition) is 3. The van der Waals surface area contributed by atoms with Crippen LogP contribution in [0.4, 0.5) is 0 Å². The van der Waals surface area contributed by atoms with E-state index in [0.717, 1.165) is 31.6 Å². The van der Waals surface area contributed by atoms with Crippen LogP contribution >= 0.6 is 0 Å². The van der Waals surface area contributed by atoms with E-state index >= 15 is 0 Å². The zero-order chi connectivity index (χ0) is 12.0. The van der Waals surface area contributed by atoms with Crippen LogP contribution in [0.1, 0.15) is 45.4 Å². The number of rotatable bonds is 5. The normalized spacial score (nSPS) is 26.2. The summed E-state index contributed by atoms with van der Waals surface area (Å²) in [4.78, 5) is 0. The van der Waals surface area contributed by atoms with E-state index in [1.165, 1.54) is 12.8 Å². The fraction of sp³-hybridized carbons (Fsp3) is 0.909. The highest BCUT2D eigenvalue weighted by Crippen LogP contribution is 2.27. The lowest BCUT2D eigenvalue weighted by Crippen LogP contribution is -2.38. The number of hydrogen-bond donors (Lipinski definition) is 1. The van der Waals surface area contributed by atoms with Crippen molar-refractivity contribution < 1.29 is 8.42 Å². The Morgan fingerprint density at radius 3 is 2.44 bits per heavy atom. The van der Waals surface area contributed by atoms with E-state index in [9.17, 15) is 8.42 Å². The third-order valence-corrected chi connectivity index (χ3v) is 4.35. The number of sulfonamides is 1. The van der Waals surface area contributed by atoms with E-state index in [-0.39, 0.29) is 6.04 Å². The Morgan fingerprint density at radius 2 is 1.94 bits per heavy atom. The molecule has 92 valence electrons. The lowest BCUT2D eigenvalue weighted by molar-refractivity contribution is 0.297. The molecule has 0 aromatic rings. The molecule has 0 atom stereocenters. The van der Waals surface area contributed by atoms with Crippen molar-refractivity contribution in [2.24, 2.45) is 5.92 Å². The Hall–Kier alpha value is -0.600. The van der Waals surface area contributed by atoms with Crippen molar-refractivity contribution in [3.05, 3.63) is 0 Å². The Balaban J connectivity index is 2.35. The first-order valence-corrected chi connectivity index (χ1v) is 7.59. The molecule has 1 aliphatic carbocycles. The molecule has 0 aliphatic heterocycles. The molecule has 0 unspecified atom stereocenters. The summed E-state index contributed by atoms with van der Waals surface area (Å²) in [6.07, 6.45) is 6.49. The maximum Gasteiger partial charge on any atom is 0.225 e. The zero-order valence-corrected chi connectivity index (χ0v) is 10.6. The summed E-state index contributed by atoms with van der Waals surface area (Å²) < 4.78 is 25.4. The molecule has 0 bridgehead atoms. The Morgan fingerprint density at radius 1 is 1.31 bits per heavy atom. The van der Waals surface area contributed by atoms with Crippen LogP contribution in [0.15, 0.2) is 0 Å². The van der Waals surface area contributed by atoms with E-state index < -0.39 is 15.8 Å². The van der Waals surface area contributed by atoms with E-state index in [2.05, 4.69) is 11.6 Å². The Kier molecular flexibility index (Phi) is 5.23. The predicted octanol–water partition coefficient (Wildman–Crippen LogP) is 1.79. The van der Waals surface area contributed by atoms with Gasteiger partial charge in [0, 0.05) is 6.04 Å². The summed E-state index contributed by atoms with van der Waals surface area (Å²) in [5, 5.41) is 8.37. The Labute approximate surface area is 98.1 Å². The van der Waals surface area contributed by atoms with Gasteiger partial charge in [-0.3, -0.25) is 0 Å². The van der Waals surface area contributed by atoms with Crippen molar-refractivity contribution >= 4 is 10.0 Å². The second-order valence-corrected chi connectivity index (χ2v) is 6.30. The molecular weight excluding hydrogens is 224 g/mol. The minimum atomic E-state index is -3.37. The minimum absolute atomic E-state index is 0.0476. The first-order valence-electron chi connectivity index (χ1n) is 5.94. The van der Waals surface area contributed by atoms with Gasteiger partial charge in [0.15, 0.2) is 5.75 Å². The van der Waals surface area contributed by atoms with Crippen LogP contribution < -0.4 is 4.72 Å². The van der Waals surface area contributed by atoms with Crippen molar-refractivity contribution in [2.45, 2.75) is 51.5 Å². The molecule has 0 radical (unpaired) electrons. The summed E-state index contributed by atoms with van der Waals surface area (Å²) in [6, 6.07) is 1.72. The van der Waals surface area contributed by atoms with Crippen molar-refractivity contribution in [1.29, 1.82) is 5.26 Å². The molecule has 0 spiro atoms. The quantitative estimate of drug-likeness (QED) is 0.801. The standard InChI is InChI=1S/C11H20N2O2S/c1-2-3-10-4-6-11(7-5-10)13-16(14,15)9-8-12/h10-11,13H,2-7,9H2,1H3. The van der Waals surface area contributed by atoms with E-state index in [4.69, 9.17) is 5.26 Å². The molecule has 0 aromatic heterocycles. The summed E-state index contributed by atoms with van der Waals surface area (Å²) in [5.41, 5.74) is 0.